The van der Waals surface area contributed by atoms with E-state index in [1.165, 1.54) is 68.3 Å². The molecule has 1 aliphatic rings. The van der Waals surface area contributed by atoms with Crippen LogP contribution in [0, 0.1) is 17.2 Å². The predicted molar refractivity (Wildman–Crippen MR) is 528 cm³/mol. The number of benzene rings is 3. The van der Waals surface area contributed by atoms with Gasteiger partial charge in [-0.2, -0.15) is 0 Å². The van der Waals surface area contributed by atoms with E-state index in [-0.39, 0.29) is 125 Å². The second-order valence-electron chi connectivity index (χ2n) is 35.8. The van der Waals surface area contributed by atoms with Gasteiger partial charge in [0.05, 0.1) is 31.3 Å². The number of nitrogens with zero attached hydrogens (tertiary/aromatic N) is 2. The molecule has 0 aliphatic carbocycles. The van der Waals surface area contributed by atoms with E-state index < -0.39 is 278 Å². The van der Waals surface area contributed by atoms with Gasteiger partial charge in [-0.3, -0.25) is 101 Å². The third-order valence-electron chi connectivity index (χ3n) is 23.1. The van der Waals surface area contributed by atoms with Crippen LogP contribution < -0.4 is 125 Å². The highest BCUT2D eigenvalue weighted by Gasteiger charge is 2.42. The monoisotopic (exact) mass is 2090 g/mol. The number of unbranched alkanes of at least 4 members (excludes halogenated alkanes) is 2. The molecule has 51 heteroatoms. The van der Waals surface area contributed by atoms with Gasteiger partial charge in [0, 0.05) is 51.4 Å². The number of guanidine groups is 1. The van der Waals surface area contributed by atoms with Gasteiger partial charge in [0.25, 0.3) is 5.91 Å². The number of carbonyl (C=O) groups excluding carboxylic acids is 20. The van der Waals surface area contributed by atoms with Crippen LogP contribution in [0.3, 0.4) is 0 Å². The maximum Gasteiger partial charge on any atom is 0.254 e. The largest absolute Gasteiger partial charge is 0.508 e. The Morgan fingerprint density at radius 1 is 0.421 bits per heavy atom. The molecule has 145 heavy (non-hydrogen) atoms. The van der Waals surface area contributed by atoms with Crippen LogP contribution in [0.15, 0.2) is 108 Å². The number of carbonyl (C=O) groups is 20. The first-order valence-corrected chi connectivity index (χ1v) is 48.3. The maximum atomic E-state index is 14.9. The highest BCUT2D eigenvalue weighted by molar-refractivity contribution is 9.10. The third-order valence-corrected chi connectivity index (χ3v) is 23.8. The molecule has 4 aromatic rings. The first-order chi connectivity index (χ1) is 68.7. The molecule has 1 aromatic heterocycles. The van der Waals surface area contributed by atoms with E-state index in [0.717, 1.165) is 6.92 Å². The Morgan fingerprint density at radius 2 is 0.793 bits per heavy atom. The number of amides is 20. The number of aliphatic hydroxyl groups is 3. The molecular weight excluding hydrogens is 1960 g/mol. The highest BCUT2D eigenvalue weighted by atomic mass is 79.9. The maximum absolute atomic E-state index is 14.9. The number of phenols is 1. The molecule has 2 heterocycles. The smallest absolute Gasteiger partial charge is 0.254 e. The lowest BCUT2D eigenvalue weighted by atomic mass is 10.00. The van der Waals surface area contributed by atoms with Gasteiger partial charge in [-0.1, -0.05) is 100 Å². The van der Waals surface area contributed by atoms with Crippen molar-refractivity contribution in [2.24, 2.45) is 52.0 Å². The molecule has 0 bridgehead atoms. The first kappa shape index (κ1) is 121. The fourth-order valence-electron chi connectivity index (χ4n) is 15.3. The minimum Gasteiger partial charge on any atom is -0.508 e. The van der Waals surface area contributed by atoms with Crippen molar-refractivity contribution >= 4 is 140 Å². The van der Waals surface area contributed by atoms with E-state index in [9.17, 15) is 116 Å². The summed E-state index contributed by atoms with van der Waals surface area (Å²) in [5.41, 5.74) is 40.8. The Hall–Kier alpha value is -14.4. The summed E-state index contributed by atoms with van der Waals surface area (Å²) in [4.78, 5) is 285. The molecule has 796 valence electrons. The Morgan fingerprint density at radius 3 is 1.22 bits per heavy atom. The van der Waals surface area contributed by atoms with Crippen molar-refractivity contribution in [2.45, 2.75) is 266 Å². The molecule has 35 N–H and O–H groups in total. The number of pyridine rings is 1. The van der Waals surface area contributed by atoms with Gasteiger partial charge in [-0.25, -0.2) is 4.98 Å². The molecule has 1 aliphatic heterocycles. The zero-order valence-corrected chi connectivity index (χ0v) is 83.3. The minimum absolute atomic E-state index is 0.0451. The lowest BCUT2D eigenvalue weighted by Gasteiger charge is -2.29. The zero-order chi connectivity index (χ0) is 108. The average molecular weight is 2100 g/mol. The Kier molecular flexibility index (Phi) is 51.9. The van der Waals surface area contributed by atoms with Crippen molar-refractivity contribution in [2.75, 3.05) is 39.4 Å². The highest BCUT2D eigenvalue weighted by Crippen LogP contribution is 2.22. The van der Waals surface area contributed by atoms with Crippen LogP contribution in [0.1, 0.15) is 171 Å². The van der Waals surface area contributed by atoms with Crippen LogP contribution in [0.4, 0.5) is 0 Å². The Labute approximate surface area is 846 Å². The molecule has 50 nitrogen and oxygen atoms in total. The van der Waals surface area contributed by atoms with E-state index in [0.29, 0.717) is 29.5 Å². The van der Waals surface area contributed by atoms with Crippen molar-refractivity contribution in [1.29, 1.82) is 5.41 Å². The molecular formula is C94H139BrN26O24. The number of hydrogen-bond donors (Lipinski definition) is 28. The molecule has 3 aromatic carbocycles. The van der Waals surface area contributed by atoms with Gasteiger partial charge in [0.1, 0.15) is 107 Å². The SMILES string of the molecule is CC(C)C[C@H](NC(=O)[C@H](Cc1ccc(O)cc1)NC(=O)c1cccnc1Br)C(=O)N[C@@H](CCC(N)=O)C(=O)N[C@@H](CC(N)=O)C(=O)N[C@H](C(=O)N[C@@H](Cc1ccccc1)C(=O)N[C@@H](CCCCN)C(=O)N[C@H](C(=O)N[C@@H](CO)C(=O)N[C@@H](CCCCN)C(=O)N[C@@H](CCCNC(=N)N)C(=O)N[C@@H](CCC(N)=O)C(=O)N[C@@H](CO)C(=O)N[C@@H](Cc1ccccc1)C(=O)N[C@@H](C)C(=O)N1CCC[C@H]1C(N)=O)C(C)C)[C@@H](C)O. The van der Waals surface area contributed by atoms with Gasteiger partial charge in [0.15, 0.2) is 5.96 Å². The quantitative estimate of drug-likeness (QED) is 0.00845. The molecule has 0 unspecified atom stereocenters. The molecule has 1 saturated heterocycles. The summed E-state index contributed by atoms with van der Waals surface area (Å²) in [5.74, 6) is -22.6. The predicted octanol–water partition coefficient (Wildman–Crippen LogP) is -7.35. The first-order valence-electron chi connectivity index (χ1n) is 47.5. The standard InChI is InChI=1S/C94H139BrN26O24/c1-49(2)42-63(113-87(139)65(45-55-29-31-56(125)32-30-55)112-78(130)57-24-17-39-104-76(57)95)85(137)111-61(33-35-71(98)126)81(133)115-67(46-73(100)128)88(140)120-75(52(6)124)92(144)116-66(44-54-22-11-8-12-23-54)86(138)108-59(26-14-16-38-97)83(135)119-74(50(3)4)91(143)118-69(48-123)89(141)109-58(25-13-15-37-96)79(131)107-60(27-18-40-105-94(102)103)80(132)110-62(34-36-72(99)127)82(134)117-68(47-122)90(142)114-64(43-53-20-9-7-10-21-53)84(136)106-51(5)93(145)121-41-19-28-70(121)77(101)129/h7-12,17,20-24,29-32,39,49-52,58-70,74-75,122-125H,13-16,18-19,25-28,33-38,40-48,96-97H2,1-6H3,(H2,98,126)(H2,99,127)(H2,100,128)(H2,101,129)(H,106,136)(H,107,131)(H,108,138)(H,109,141)(H,110,132)(H,111,137)(H,112,130)(H,113,139)(H,114,142)(H,115,133)(H,116,144)(H,117,134)(H,118,143)(H,119,135)(H,120,140)(H4,102,103,105)/t51-,52+,58-,59-,60-,61-,62-,63-,64-,65-,66-,67-,68-,69-,70-,74-,75-/m0/s1. The van der Waals surface area contributed by atoms with Crippen molar-refractivity contribution in [3.8, 4) is 5.75 Å². The van der Waals surface area contributed by atoms with Crippen LogP contribution >= 0.6 is 15.9 Å². The fourth-order valence-corrected chi connectivity index (χ4v) is 15.7. The number of likely N-dealkylation sites (tertiary alicyclic amines) is 1. The summed E-state index contributed by atoms with van der Waals surface area (Å²) < 4.78 is 0.142. The van der Waals surface area contributed by atoms with E-state index in [1.807, 2.05) is 0 Å². The summed E-state index contributed by atoms with van der Waals surface area (Å²) >= 11 is 3.23. The van der Waals surface area contributed by atoms with Crippen LogP contribution in [-0.4, -0.2) is 297 Å². The number of hydrogen-bond acceptors (Lipinski definition) is 28. The number of primary amides is 4. The van der Waals surface area contributed by atoms with Gasteiger partial charge in [0.2, 0.25) is 112 Å². The summed E-state index contributed by atoms with van der Waals surface area (Å²) in [5, 5.41) is 90.2. The number of aromatic hydroxyl groups is 1. The fraction of sp³-hybridized carbons (Fsp3) is 0.532. The van der Waals surface area contributed by atoms with Gasteiger partial charge < -0.3 is 151 Å². The summed E-state index contributed by atoms with van der Waals surface area (Å²) in [6.45, 7) is 6.79. The number of nitrogens with one attached hydrogen (secondary N) is 17. The molecule has 0 spiro atoms. The van der Waals surface area contributed by atoms with Crippen molar-refractivity contribution in [1.82, 2.24) is 95.0 Å². The number of halogens is 1. The molecule has 0 saturated carbocycles. The van der Waals surface area contributed by atoms with Gasteiger partial charge in [-0.15, -0.1) is 0 Å². The summed E-state index contributed by atoms with van der Waals surface area (Å²) in [6, 6.07) is -1.34. The van der Waals surface area contributed by atoms with E-state index in [4.69, 9.17) is 45.5 Å². The number of rotatable bonds is 64. The van der Waals surface area contributed by atoms with Crippen LogP contribution in [0.25, 0.3) is 0 Å². The molecule has 17 atom stereocenters. The number of nitrogens with two attached hydrogens (primary N) is 7. The second-order valence-corrected chi connectivity index (χ2v) is 36.5. The van der Waals surface area contributed by atoms with Crippen LogP contribution in [0.2, 0.25) is 0 Å². The Balaban J connectivity index is 1.36. The van der Waals surface area contributed by atoms with Crippen molar-refractivity contribution in [3.05, 3.63) is 130 Å². The average Bonchev–Trinajstić information content (AvgIpc) is 1.73. The normalized spacial score (nSPS) is 15.5. The van der Waals surface area contributed by atoms with E-state index in [2.05, 4.69) is 106 Å². The van der Waals surface area contributed by atoms with Gasteiger partial charge in [-0.05, 0) is 179 Å². The topological polar surface area (TPSA) is 837 Å². The third kappa shape index (κ3) is 42.2. The molecule has 1 fully saturated rings. The number of aromatic nitrogens is 1. The van der Waals surface area contributed by atoms with Crippen molar-refractivity contribution in [3.63, 3.8) is 0 Å². The number of aliphatic hydroxyl groups excluding tert-OH is 3. The number of phenolic OH excluding ortho intramolecular Hbond substituents is 1. The summed E-state index contributed by atoms with van der Waals surface area (Å²) in [7, 11) is 0. The lowest BCUT2D eigenvalue weighted by molar-refractivity contribution is -0.140. The molecule has 0 radical (unpaired) electrons. The lowest BCUT2D eigenvalue weighted by Crippen LogP contribution is -2.63. The van der Waals surface area contributed by atoms with Crippen LogP contribution in [-0.2, 0) is 110 Å². The Bertz CT molecular complexity index is 5090. The molecule has 20 amide bonds. The molecule has 5 rings (SSSR count). The van der Waals surface area contributed by atoms with Crippen molar-refractivity contribution < 1.29 is 116 Å². The van der Waals surface area contributed by atoms with E-state index in [1.54, 1.807) is 74.5 Å². The van der Waals surface area contributed by atoms with E-state index >= 15 is 0 Å². The zero-order valence-electron chi connectivity index (χ0n) is 81.7. The second kappa shape index (κ2) is 62.2. The van der Waals surface area contributed by atoms with Gasteiger partial charge >= 0.3 is 0 Å². The van der Waals surface area contributed by atoms with Crippen LogP contribution in [0.5, 0.6) is 5.75 Å². The summed E-state index contributed by atoms with van der Waals surface area (Å²) in [6.07, 6.45) is -3.77. The minimum atomic E-state index is -2.06.